The molecule has 0 bridgehead atoms. The summed E-state index contributed by atoms with van der Waals surface area (Å²) in [4.78, 5) is 45.4. The van der Waals surface area contributed by atoms with E-state index in [1.165, 1.54) is 23.8 Å². The first-order valence-electron chi connectivity index (χ1n) is 7.24. The van der Waals surface area contributed by atoms with Crippen LogP contribution < -0.4 is 0 Å². The summed E-state index contributed by atoms with van der Waals surface area (Å²) >= 11 is 1.42. The fraction of sp³-hybridized carbons (Fsp3) is 0.714. The average molecular weight is 325 g/mol. The summed E-state index contributed by atoms with van der Waals surface area (Å²) in [6.45, 7) is 4.21. The molecule has 3 rings (SSSR count). The molecule has 0 N–H and O–H groups in total. The normalized spacial score (nSPS) is 36.5. The molecule has 3 aliphatic rings. The van der Waals surface area contributed by atoms with Crippen LogP contribution in [0.4, 0.5) is 0 Å². The Balaban J connectivity index is 2.13. The lowest BCUT2D eigenvalue weighted by Crippen LogP contribution is -2.57. The Morgan fingerprint density at radius 1 is 1.45 bits per heavy atom. The predicted molar refractivity (Wildman–Crippen MR) is 81.2 cm³/mol. The van der Waals surface area contributed by atoms with E-state index in [0.717, 1.165) is 0 Å². The third kappa shape index (κ3) is 1.59. The number of rotatable bonds is 2. The molecule has 3 aliphatic heterocycles. The molecule has 22 heavy (non-hydrogen) atoms. The third-order valence-electron chi connectivity index (χ3n) is 5.01. The Morgan fingerprint density at radius 3 is 2.68 bits per heavy atom. The molecule has 0 aromatic heterocycles. The first kappa shape index (κ1) is 15.3. The van der Waals surface area contributed by atoms with E-state index in [1.807, 2.05) is 11.2 Å². The number of nitrogens with zero attached hydrogens (tertiary/aromatic N) is 3. The maximum atomic E-state index is 12.7. The summed E-state index contributed by atoms with van der Waals surface area (Å²) in [5, 5.41) is 0.691. The van der Waals surface area contributed by atoms with Gasteiger partial charge < -0.3 is 9.64 Å². The second-order valence-electron chi connectivity index (χ2n) is 5.83. The molecule has 0 spiro atoms. The summed E-state index contributed by atoms with van der Waals surface area (Å²) in [7, 11) is 1.31. The second-order valence-corrected chi connectivity index (χ2v) is 6.60. The fourth-order valence-electron chi connectivity index (χ4n) is 4.07. The largest absolute Gasteiger partial charge is 0.467 e. The van der Waals surface area contributed by atoms with Crippen LogP contribution in [-0.4, -0.2) is 70.8 Å². The van der Waals surface area contributed by atoms with Crippen LogP contribution in [-0.2, 0) is 19.1 Å². The van der Waals surface area contributed by atoms with Gasteiger partial charge in [0.1, 0.15) is 5.54 Å². The monoisotopic (exact) mass is 325 g/mol. The highest BCUT2D eigenvalue weighted by Crippen LogP contribution is 2.51. The molecule has 0 radical (unpaired) electrons. The fourth-order valence-corrected chi connectivity index (χ4v) is 4.80. The van der Waals surface area contributed by atoms with Gasteiger partial charge in [0.05, 0.1) is 31.5 Å². The minimum Gasteiger partial charge on any atom is -0.467 e. The molecule has 4 atom stereocenters. The Kier molecular flexibility index (Phi) is 3.47. The van der Waals surface area contributed by atoms with Gasteiger partial charge >= 0.3 is 5.97 Å². The molecule has 0 aromatic carbocycles. The van der Waals surface area contributed by atoms with E-state index in [-0.39, 0.29) is 17.9 Å². The molecule has 120 valence electrons. The van der Waals surface area contributed by atoms with Crippen molar-refractivity contribution in [1.29, 1.82) is 0 Å². The smallest absolute Gasteiger partial charge is 0.332 e. The second kappa shape index (κ2) is 4.97. The highest BCUT2D eigenvalue weighted by atomic mass is 32.2. The molecular formula is C14H19N3O4S. The van der Waals surface area contributed by atoms with E-state index in [0.29, 0.717) is 18.3 Å². The van der Waals surface area contributed by atoms with Gasteiger partial charge in [0.15, 0.2) is 5.17 Å². The molecule has 8 heteroatoms. The number of hydrogen-bond donors (Lipinski definition) is 0. The average Bonchev–Trinajstić information content (AvgIpc) is 3.11. The van der Waals surface area contributed by atoms with Gasteiger partial charge in [-0.3, -0.25) is 19.5 Å². The number of likely N-dealkylation sites (tertiary alicyclic amines) is 1. The summed E-state index contributed by atoms with van der Waals surface area (Å²) in [6.07, 6.45) is 1.87. The number of imide groups is 1. The van der Waals surface area contributed by atoms with Crippen molar-refractivity contribution in [1.82, 2.24) is 9.80 Å². The van der Waals surface area contributed by atoms with E-state index >= 15 is 0 Å². The lowest BCUT2D eigenvalue weighted by molar-refractivity contribution is -0.156. The minimum atomic E-state index is -1.18. The number of carbonyl (C=O) groups excluding carboxylic acids is 3. The van der Waals surface area contributed by atoms with E-state index in [4.69, 9.17) is 4.74 Å². The van der Waals surface area contributed by atoms with Gasteiger partial charge in [0, 0.05) is 6.54 Å². The quantitative estimate of drug-likeness (QED) is 0.523. The highest BCUT2D eigenvalue weighted by molar-refractivity contribution is 8.13. The van der Waals surface area contributed by atoms with Crippen LogP contribution in [0.5, 0.6) is 0 Å². The zero-order valence-electron chi connectivity index (χ0n) is 13.0. The minimum absolute atomic E-state index is 0.197. The molecule has 0 saturated carbocycles. The predicted octanol–water partition coefficient (Wildman–Crippen LogP) is -0.0440. The molecule has 2 fully saturated rings. The molecule has 2 saturated heterocycles. The first-order chi connectivity index (χ1) is 10.4. The van der Waals surface area contributed by atoms with Crippen LogP contribution in [0.25, 0.3) is 0 Å². The Morgan fingerprint density at radius 2 is 2.14 bits per heavy atom. The number of methoxy groups -OCH3 is 1. The van der Waals surface area contributed by atoms with Gasteiger partial charge in [-0.2, -0.15) is 0 Å². The Labute approximate surface area is 133 Å². The van der Waals surface area contributed by atoms with E-state index in [2.05, 4.69) is 4.99 Å². The third-order valence-corrected chi connectivity index (χ3v) is 5.70. The van der Waals surface area contributed by atoms with E-state index in [1.54, 1.807) is 13.8 Å². The number of fused-ring (bicyclic) bond motifs is 3. The summed E-state index contributed by atoms with van der Waals surface area (Å²) in [5.74, 6) is -2.19. The standard InChI is InChI=1S/C14H19N3O4S/c1-5-16-10(18)8-7-6-15-13(22-4)17(7)14(2,12(20)21-3)9(8)11(16)19/h7-9H,5-6H2,1-4H3/t7-,8+,9-,14-/m1/s1. The zero-order valence-corrected chi connectivity index (χ0v) is 13.8. The maximum Gasteiger partial charge on any atom is 0.332 e. The number of esters is 1. The van der Waals surface area contributed by atoms with Crippen molar-refractivity contribution in [2.75, 3.05) is 26.5 Å². The number of thioether (sulfide) groups is 1. The van der Waals surface area contributed by atoms with Gasteiger partial charge in [-0.15, -0.1) is 0 Å². The lowest BCUT2D eigenvalue weighted by atomic mass is 9.81. The SMILES string of the molecule is CCN1C(=O)[C@H]2[C@H]3CN=C(SC)N3[C@@](C)(C(=O)OC)[C@H]2C1=O. The number of ether oxygens (including phenoxy) is 1. The van der Waals surface area contributed by atoms with Crippen molar-refractivity contribution < 1.29 is 19.1 Å². The highest BCUT2D eigenvalue weighted by Gasteiger charge is 2.71. The zero-order chi connectivity index (χ0) is 16.2. The van der Waals surface area contributed by atoms with Crippen LogP contribution in [0, 0.1) is 11.8 Å². The van der Waals surface area contributed by atoms with E-state index < -0.39 is 23.3 Å². The number of amidine groups is 1. The molecule has 2 amide bonds. The molecule has 3 heterocycles. The van der Waals surface area contributed by atoms with Crippen LogP contribution in [0.2, 0.25) is 0 Å². The van der Waals surface area contributed by atoms with Crippen molar-refractivity contribution in [2.45, 2.75) is 25.4 Å². The van der Waals surface area contributed by atoms with Crippen molar-refractivity contribution in [3.63, 3.8) is 0 Å². The van der Waals surface area contributed by atoms with Crippen LogP contribution in [0.3, 0.4) is 0 Å². The van der Waals surface area contributed by atoms with Crippen molar-refractivity contribution in [3.05, 3.63) is 0 Å². The van der Waals surface area contributed by atoms with Crippen LogP contribution in [0.1, 0.15) is 13.8 Å². The van der Waals surface area contributed by atoms with Gasteiger partial charge in [-0.1, -0.05) is 11.8 Å². The van der Waals surface area contributed by atoms with E-state index in [9.17, 15) is 14.4 Å². The summed E-state index contributed by atoms with van der Waals surface area (Å²) in [6, 6.07) is -0.246. The topological polar surface area (TPSA) is 79.3 Å². The number of aliphatic imine (C=N–C) groups is 1. The van der Waals surface area contributed by atoms with Crippen molar-refractivity contribution in [3.8, 4) is 0 Å². The molecule has 0 unspecified atom stereocenters. The molecule has 7 nitrogen and oxygen atoms in total. The van der Waals surface area contributed by atoms with Crippen molar-refractivity contribution in [2.24, 2.45) is 16.8 Å². The van der Waals surface area contributed by atoms with Gasteiger partial charge in [0.2, 0.25) is 11.8 Å². The van der Waals surface area contributed by atoms with Crippen LogP contribution >= 0.6 is 11.8 Å². The molecule has 0 aromatic rings. The summed E-state index contributed by atoms with van der Waals surface area (Å²) < 4.78 is 4.97. The number of hydrogen-bond acceptors (Lipinski definition) is 7. The van der Waals surface area contributed by atoms with Crippen molar-refractivity contribution >= 4 is 34.7 Å². The van der Waals surface area contributed by atoms with Gasteiger partial charge in [0.25, 0.3) is 0 Å². The van der Waals surface area contributed by atoms with Gasteiger partial charge in [-0.05, 0) is 20.1 Å². The summed E-state index contributed by atoms with van der Waals surface area (Å²) in [5.41, 5.74) is -1.18. The lowest BCUT2D eigenvalue weighted by Gasteiger charge is -2.37. The maximum absolute atomic E-state index is 12.7. The number of amides is 2. The Bertz CT molecular complexity index is 593. The van der Waals surface area contributed by atoms with Crippen LogP contribution in [0.15, 0.2) is 4.99 Å². The first-order valence-corrected chi connectivity index (χ1v) is 8.47. The van der Waals surface area contributed by atoms with Gasteiger partial charge in [-0.25, -0.2) is 4.79 Å². The Hall–Kier alpha value is -1.57. The molecular weight excluding hydrogens is 306 g/mol. The number of carbonyl (C=O) groups is 3. The molecule has 0 aliphatic carbocycles.